The Hall–Kier alpha value is -4.46. The van der Waals surface area contributed by atoms with Gasteiger partial charge in [0, 0.05) is 18.3 Å². The van der Waals surface area contributed by atoms with Crippen LogP contribution < -0.4 is 11.1 Å². The Balaban J connectivity index is 1.77. The number of carbonyl (C=O) groups is 5. The smallest absolute Gasteiger partial charge is 0.357 e. The van der Waals surface area contributed by atoms with Crippen molar-refractivity contribution in [2.24, 2.45) is 0 Å². The Bertz CT molecular complexity index is 1240. The molecule has 4 rings (SSSR count). The number of imide groups is 2. The van der Waals surface area contributed by atoms with E-state index in [-0.39, 0.29) is 40.9 Å². The molecule has 1 atom stereocenters. The van der Waals surface area contributed by atoms with E-state index in [0.29, 0.717) is 5.69 Å². The normalized spacial score (nSPS) is 17.9. The second-order valence-electron chi connectivity index (χ2n) is 6.96. The van der Waals surface area contributed by atoms with Gasteiger partial charge in [-0.15, -0.1) is 0 Å². The molecule has 1 aromatic carbocycles. The van der Waals surface area contributed by atoms with E-state index in [2.05, 4.69) is 5.32 Å². The first-order valence-corrected chi connectivity index (χ1v) is 9.13. The molecule has 3 heterocycles. The topological polar surface area (TPSA) is 165 Å². The summed E-state index contributed by atoms with van der Waals surface area (Å²) in [6.07, 6.45) is 1.37. The Morgan fingerprint density at radius 2 is 1.94 bits per heavy atom. The van der Waals surface area contributed by atoms with Crippen LogP contribution in [0.3, 0.4) is 0 Å². The Labute approximate surface area is 175 Å². The molecule has 0 aliphatic carbocycles. The molecule has 2 aliphatic heterocycles. The fourth-order valence-electron chi connectivity index (χ4n) is 3.73. The first-order chi connectivity index (χ1) is 14.8. The van der Waals surface area contributed by atoms with E-state index >= 15 is 0 Å². The second kappa shape index (κ2) is 7.10. The van der Waals surface area contributed by atoms with Gasteiger partial charge in [-0.25, -0.2) is 4.79 Å². The number of nitrogens with two attached hydrogens (primary N) is 1. The highest BCUT2D eigenvalue weighted by atomic mass is 16.5. The van der Waals surface area contributed by atoms with E-state index < -0.39 is 35.6 Å². The molecule has 1 saturated heterocycles. The summed E-state index contributed by atoms with van der Waals surface area (Å²) in [5.41, 5.74) is 6.14. The number of carbonyl (C=O) groups excluding carboxylic acids is 5. The number of hydrogen-bond donors (Lipinski definition) is 2. The quantitative estimate of drug-likeness (QED) is 0.521. The lowest BCUT2D eigenvalue weighted by atomic mass is 10.0. The molecule has 2 aromatic rings. The number of rotatable bonds is 3. The summed E-state index contributed by atoms with van der Waals surface area (Å²) in [4.78, 5) is 62.4. The molecule has 156 valence electrons. The van der Waals surface area contributed by atoms with Crippen molar-refractivity contribution in [2.45, 2.75) is 18.9 Å². The van der Waals surface area contributed by atoms with Crippen LogP contribution in [0, 0.1) is 11.3 Å². The van der Waals surface area contributed by atoms with E-state index in [1.54, 1.807) is 0 Å². The molecule has 0 spiro atoms. The van der Waals surface area contributed by atoms with Crippen molar-refractivity contribution in [1.29, 1.82) is 5.26 Å². The van der Waals surface area contributed by atoms with Gasteiger partial charge in [0.25, 0.3) is 11.8 Å². The second-order valence-corrected chi connectivity index (χ2v) is 6.96. The standard InChI is InChI=1S/C20H15N5O6/c1-31-20(30)16-15(22)9(7-21)8-24(16)10-2-3-11-12(6-10)19(29)25(18(11)28)13-4-5-14(26)23-17(13)27/h2-3,6,8,13H,4-5,22H2,1H3,(H,23,26,27). The number of benzene rings is 1. The van der Waals surface area contributed by atoms with Gasteiger partial charge in [0.2, 0.25) is 11.8 Å². The van der Waals surface area contributed by atoms with Crippen LogP contribution in [0.2, 0.25) is 0 Å². The molecule has 0 bridgehead atoms. The highest BCUT2D eigenvalue weighted by molar-refractivity contribution is 6.23. The number of anilines is 1. The summed E-state index contributed by atoms with van der Waals surface area (Å²) in [6.45, 7) is 0. The van der Waals surface area contributed by atoms with Gasteiger partial charge in [-0.05, 0) is 24.6 Å². The Kier molecular flexibility index (Phi) is 4.54. The number of aromatic nitrogens is 1. The molecule has 1 unspecified atom stereocenters. The van der Waals surface area contributed by atoms with Gasteiger partial charge >= 0.3 is 5.97 Å². The SMILES string of the molecule is COC(=O)c1c(N)c(C#N)cn1-c1ccc2c(c1)C(=O)N(C1CCC(=O)NC1=O)C2=O. The van der Waals surface area contributed by atoms with Crippen molar-refractivity contribution < 1.29 is 28.7 Å². The summed E-state index contributed by atoms with van der Waals surface area (Å²) in [5, 5.41) is 11.4. The predicted octanol–water partition coefficient (Wildman–Crippen LogP) is 0.119. The van der Waals surface area contributed by atoms with Crippen LogP contribution in [0.5, 0.6) is 0 Å². The molecule has 11 nitrogen and oxygen atoms in total. The van der Waals surface area contributed by atoms with Gasteiger partial charge in [0.1, 0.15) is 12.1 Å². The van der Waals surface area contributed by atoms with Crippen molar-refractivity contribution in [2.75, 3.05) is 12.8 Å². The predicted molar refractivity (Wildman–Crippen MR) is 103 cm³/mol. The molecule has 1 fully saturated rings. The third-order valence-electron chi connectivity index (χ3n) is 5.25. The van der Waals surface area contributed by atoms with Gasteiger partial charge in [-0.2, -0.15) is 5.26 Å². The molecule has 31 heavy (non-hydrogen) atoms. The highest BCUT2D eigenvalue weighted by Crippen LogP contribution is 2.31. The minimum absolute atomic E-state index is 0.0110. The monoisotopic (exact) mass is 421 g/mol. The van der Waals surface area contributed by atoms with Gasteiger partial charge in [0.05, 0.1) is 29.5 Å². The molecule has 11 heteroatoms. The van der Waals surface area contributed by atoms with Crippen molar-refractivity contribution >= 4 is 35.3 Å². The van der Waals surface area contributed by atoms with Crippen molar-refractivity contribution in [3.8, 4) is 11.8 Å². The zero-order valence-electron chi connectivity index (χ0n) is 16.2. The number of ether oxygens (including phenoxy) is 1. The fraction of sp³-hybridized carbons (Fsp3) is 0.200. The number of methoxy groups -OCH3 is 1. The first kappa shape index (κ1) is 19.8. The third kappa shape index (κ3) is 2.93. The van der Waals surface area contributed by atoms with Gasteiger partial charge in [0.15, 0.2) is 5.69 Å². The first-order valence-electron chi connectivity index (χ1n) is 9.13. The van der Waals surface area contributed by atoms with Crippen LogP contribution in [0.1, 0.15) is 49.6 Å². The third-order valence-corrected chi connectivity index (χ3v) is 5.25. The van der Waals surface area contributed by atoms with Crippen molar-refractivity contribution in [1.82, 2.24) is 14.8 Å². The Morgan fingerprint density at radius 1 is 1.23 bits per heavy atom. The lowest BCUT2D eigenvalue weighted by Crippen LogP contribution is -2.54. The fourth-order valence-corrected chi connectivity index (χ4v) is 3.73. The number of nitrogen functional groups attached to an aromatic ring is 1. The van der Waals surface area contributed by atoms with E-state index in [0.717, 1.165) is 12.0 Å². The average Bonchev–Trinajstić information content (AvgIpc) is 3.21. The van der Waals surface area contributed by atoms with Crippen LogP contribution in [-0.4, -0.2) is 52.2 Å². The lowest BCUT2D eigenvalue weighted by Gasteiger charge is -2.27. The summed E-state index contributed by atoms with van der Waals surface area (Å²) in [7, 11) is 1.16. The summed E-state index contributed by atoms with van der Waals surface area (Å²) < 4.78 is 6.03. The number of nitrogens with zero attached hydrogens (tertiary/aromatic N) is 3. The van der Waals surface area contributed by atoms with Crippen LogP contribution in [0.4, 0.5) is 5.69 Å². The number of nitrogens with one attached hydrogen (secondary N) is 1. The van der Waals surface area contributed by atoms with E-state index in [4.69, 9.17) is 10.5 Å². The summed E-state index contributed by atoms with van der Waals surface area (Å²) in [6, 6.07) is 5.02. The van der Waals surface area contributed by atoms with Crippen LogP contribution >= 0.6 is 0 Å². The molecular formula is C20H15N5O6. The maximum absolute atomic E-state index is 13.0. The number of amides is 4. The van der Waals surface area contributed by atoms with E-state index in [1.807, 2.05) is 6.07 Å². The van der Waals surface area contributed by atoms with Gasteiger partial charge in [-0.1, -0.05) is 0 Å². The Morgan fingerprint density at radius 3 is 2.58 bits per heavy atom. The maximum atomic E-state index is 13.0. The molecule has 0 saturated carbocycles. The molecule has 4 amide bonds. The highest BCUT2D eigenvalue weighted by Gasteiger charge is 2.44. The molecule has 0 radical (unpaired) electrons. The van der Waals surface area contributed by atoms with Gasteiger partial charge in [-0.3, -0.25) is 29.4 Å². The molecule has 3 N–H and O–H groups in total. The zero-order valence-corrected chi connectivity index (χ0v) is 16.2. The molecule has 2 aliphatic rings. The number of fused-ring (bicyclic) bond motifs is 1. The minimum Gasteiger partial charge on any atom is -0.464 e. The number of hydrogen-bond acceptors (Lipinski definition) is 8. The number of esters is 1. The van der Waals surface area contributed by atoms with E-state index in [1.165, 1.54) is 29.0 Å². The van der Waals surface area contributed by atoms with Crippen LogP contribution in [-0.2, 0) is 14.3 Å². The summed E-state index contributed by atoms with van der Waals surface area (Å²) >= 11 is 0. The van der Waals surface area contributed by atoms with E-state index in [9.17, 15) is 29.2 Å². The maximum Gasteiger partial charge on any atom is 0.357 e. The summed E-state index contributed by atoms with van der Waals surface area (Å²) in [5.74, 6) is -3.31. The number of nitriles is 1. The zero-order chi connectivity index (χ0) is 22.4. The average molecular weight is 421 g/mol. The number of piperidine rings is 1. The van der Waals surface area contributed by atoms with Gasteiger partial charge < -0.3 is 15.0 Å². The lowest BCUT2D eigenvalue weighted by molar-refractivity contribution is -0.136. The molecule has 1 aromatic heterocycles. The van der Waals surface area contributed by atoms with Crippen LogP contribution in [0.25, 0.3) is 5.69 Å². The molecular weight excluding hydrogens is 406 g/mol. The van der Waals surface area contributed by atoms with Crippen molar-refractivity contribution in [3.63, 3.8) is 0 Å². The van der Waals surface area contributed by atoms with Crippen LogP contribution in [0.15, 0.2) is 24.4 Å². The van der Waals surface area contributed by atoms with Crippen molar-refractivity contribution in [3.05, 3.63) is 46.8 Å². The largest absolute Gasteiger partial charge is 0.464 e. The minimum atomic E-state index is -1.09.